The fourth-order valence-electron chi connectivity index (χ4n) is 10.2. The van der Waals surface area contributed by atoms with Crippen LogP contribution in [0.4, 0.5) is 0 Å². The highest BCUT2D eigenvalue weighted by Gasteiger charge is 2.62. The highest BCUT2D eigenvalue weighted by atomic mass is 16.3. The van der Waals surface area contributed by atoms with Gasteiger partial charge in [-0.3, -0.25) is 9.98 Å². The van der Waals surface area contributed by atoms with Gasteiger partial charge in [-0.05, 0) is 95.7 Å². The first-order valence-corrected chi connectivity index (χ1v) is 18.8. The van der Waals surface area contributed by atoms with Crippen LogP contribution in [-0.4, -0.2) is 61.9 Å². The van der Waals surface area contributed by atoms with Crippen molar-refractivity contribution in [1.29, 1.82) is 0 Å². The van der Waals surface area contributed by atoms with Crippen molar-refractivity contribution in [2.24, 2.45) is 32.7 Å². The fraction of sp³-hybridized carbons (Fsp3) is 0.364. The number of hydrogen-bond acceptors (Lipinski definition) is 9. The smallest absolute Gasteiger partial charge is 0.169 e. The zero-order valence-electron chi connectivity index (χ0n) is 29.7. The van der Waals surface area contributed by atoms with Crippen molar-refractivity contribution in [2.45, 2.75) is 64.0 Å². The Kier molecular flexibility index (Phi) is 9.25. The first kappa shape index (κ1) is 34.9. The number of aliphatic imine (C=N–C) groups is 2. The zero-order valence-corrected chi connectivity index (χ0v) is 29.7. The molecule has 5 atom stereocenters. The van der Waals surface area contributed by atoms with Crippen LogP contribution in [0.15, 0.2) is 82.8 Å². The van der Waals surface area contributed by atoms with E-state index in [-0.39, 0.29) is 50.9 Å². The lowest BCUT2D eigenvalue weighted by molar-refractivity contribution is -0.0761. The molecule has 1 aliphatic heterocycles. The van der Waals surface area contributed by atoms with E-state index < -0.39 is 6.10 Å². The number of hydrogen-bond donors (Lipinski definition) is 7. The summed E-state index contributed by atoms with van der Waals surface area (Å²) in [6.07, 6.45) is 17.2. The standard InChI is InChI=1S/C44H47N3O6/c48-34-17-13-28(22-37(34)51)12-15-31-32-5-1-6-35(49)39(32)41(53)40(52)33(31)16-11-27-7-9-29(10-8-27)23-45-25-44(38-24-46-26-47-38)21-3-20-43-19-2-4-30(43)14-18-36(50)42(43)44/h1,5-10,12-15,17-18,22,24,30,36,42,45,48-53H,2-4,11,16,19-21,23,25-26H2/b15-12-/t30-,36-,42-,43+,44+/m1/s1. The van der Waals surface area contributed by atoms with E-state index in [0.717, 1.165) is 49.1 Å². The van der Waals surface area contributed by atoms with Crippen LogP contribution in [0.25, 0.3) is 22.9 Å². The number of nitrogens with zero attached hydrogens (tertiary/aromatic N) is 2. The second-order valence-electron chi connectivity index (χ2n) is 15.4. The van der Waals surface area contributed by atoms with Crippen LogP contribution in [0.5, 0.6) is 28.7 Å². The summed E-state index contributed by atoms with van der Waals surface area (Å²) >= 11 is 0. The van der Waals surface area contributed by atoms with Crippen molar-refractivity contribution in [2.75, 3.05) is 13.2 Å². The van der Waals surface area contributed by atoms with Gasteiger partial charge in [0, 0.05) is 36.2 Å². The van der Waals surface area contributed by atoms with E-state index in [1.807, 2.05) is 12.3 Å². The molecule has 0 saturated heterocycles. The summed E-state index contributed by atoms with van der Waals surface area (Å²) in [5.74, 6) is -0.629. The Bertz CT molecular complexity index is 2160. The van der Waals surface area contributed by atoms with Crippen LogP contribution in [-0.2, 0) is 19.4 Å². The van der Waals surface area contributed by atoms with Crippen molar-refractivity contribution >= 4 is 34.9 Å². The summed E-state index contributed by atoms with van der Waals surface area (Å²) < 4.78 is 0. The number of phenolic OH excluding ortho intramolecular Hbond substituents is 5. The van der Waals surface area contributed by atoms with Crippen LogP contribution in [0, 0.1) is 22.7 Å². The monoisotopic (exact) mass is 713 g/mol. The molecule has 2 fully saturated rings. The van der Waals surface area contributed by atoms with E-state index in [1.54, 1.807) is 30.4 Å². The van der Waals surface area contributed by atoms with Gasteiger partial charge in [0.05, 0.1) is 17.2 Å². The molecule has 0 amide bonds. The molecule has 4 aliphatic rings. The Hall–Kier alpha value is -5.12. The van der Waals surface area contributed by atoms with Crippen LogP contribution in [0.1, 0.15) is 66.3 Å². The second-order valence-corrected chi connectivity index (χ2v) is 15.4. The average molecular weight is 714 g/mol. The van der Waals surface area contributed by atoms with Crippen molar-refractivity contribution in [3.8, 4) is 28.7 Å². The molecule has 9 heteroatoms. The van der Waals surface area contributed by atoms with Crippen molar-refractivity contribution < 1.29 is 30.6 Å². The number of aliphatic hydroxyl groups excluding tert-OH is 1. The number of allylic oxidation sites excluding steroid dienone is 1. The van der Waals surface area contributed by atoms with Gasteiger partial charge in [-0.25, -0.2) is 0 Å². The number of phenols is 5. The Balaban J connectivity index is 1.00. The van der Waals surface area contributed by atoms with Crippen LogP contribution >= 0.6 is 0 Å². The Labute approximate surface area is 309 Å². The molecule has 8 rings (SSSR count). The quantitative estimate of drug-likeness (QED) is 0.0513. The summed E-state index contributed by atoms with van der Waals surface area (Å²) in [5, 5.41) is 68.6. The molecule has 4 aromatic rings. The lowest BCUT2D eigenvalue weighted by Gasteiger charge is -2.58. The number of nitrogens with one attached hydrogen (secondary N) is 1. The average Bonchev–Trinajstić information content (AvgIpc) is 3.85. The van der Waals surface area contributed by atoms with Crippen LogP contribution in [0.2, 0.25) is 0 Å². The summed E-state index contributed by atoms with van der Waals surface area (Å²) in [4.78, 5) is 9.37. The molecule has 9 nitrogen and oxygen atoms in total. The Morgan fingerprint density at radius 3 is 2.40 bits per heavy atom. The van der Waals surface area contributed by atoms with Gasteiger partial charge in [-0.15, -0.1) is 0 Å². The molecule has 4 aromatic carbocycles. The summed E-state index contributed by atoms with van der Waals surface area (Å²) in [5.41, 5.74) is 4.89. The molecule has 1 heterocycles. The van der Waals surface area contributed by atoms with E-state index in [4.69, 9.17) is 4.99 Å². The number of aromatic hydroxyl groups is 5. The predicted molar refractivity (Wildman–Crippen MR) is 209 cm³/mol. The van der Waals surface area contributed by atoms with Gasteiger partial charge in [0.1, 0.15) is 12.4 Å². The number of aliphatic hydroxyl groups is 1. The molecule has 0 bridgehead atoms. The number of fused-ring (bicyclic) bond motifs is 1. The third kappa shape index (κ3) is 6.15. The van der Waals surface area contributed by atoms with E-state index in [2.05, 4.69) is 40.7 Å². The first-order chi connectivity index (χ1) is 25.7. The molecule has 0 radical (unpaired) electrons. The first-order valence-electron chi connectivity index (χ1n) is 18.8. The molecular formula is C44H47N3O6. The van der Waals surface area contributed by atoms with Gasteiger partial charge in [0.2, 0.25) is 0 Å². The van der Waals surface area contributed by atoms with Crippen molar-refractivity contribution in [3.05, 3.63) is 101 Å². The van der Waals surface area contributed by atoms with Gasteiger partial charge >= 0.3 is 0 Å². The van der Waals surface area contributed by atoms with Gasteiger partial charge in [0.15, 0.2) is 23.0 Å². The number of benzene rings is 4. The summed E-state index contributed by atoms with van der Waals surface area (Å²) in [6, 6.07) is 17.9. The molecule has 53 heavy (non-hydrogen) atoms. The fourth-order valence-corrected chi connectivity index (χ4v) is 10.2. The van der Waals surface area contributed by atoms with Gasteiger partial charge in [0.25, 0.3) is 0 Å². The largest absolute Gasteiger partial charge is 0.507 e. The highest BCUT2D eigenvalue weighted by Crippen LogP contribution is 2.64. The Morgan fingerprint density at radius 2 is 1.60 bits per heavy atom. The van der Waals surface area contributed by atoms with Crippen molar-refractivity contribution in [1.82, 2.24) is 5.32 Å². The Morgan fingerprint density at radius 1 is 0.792 bits per heavy atom. The molecule has 0 unspecified atom stereocenters. The van der Waals surface area contributed by atoms with E-state index in [9.17, 15) is 30.6 Å². The third-order valence-corrected chi connectivity index (χ3v) is 12.6. The molecule has 3 aliphatic carbocycles. The minimum absolute atomic E-state index is 0.113. The van der Waals surface area contributed by atoms with E-state index >= 15 is 0 Å². The maximum atomic E-state index is 11.6. The SMILES string of the molecule is Oc1ccc(/C=C\c2c(CCc3ccc(CNC[C@]4(C5=NCN=C5)CCC[C@@]56CCC[C@@H]5C=C[C@@H](O)[C@@H]46)cc3)c(O)c(O)c3c(O)cccc23)cc1O. The molecule has 7 N–H and O–H groups in total. The minimum atomic E-state index is -0.491. The molecule has 2 saturated carbocycles. The lowest BCUT2D eigenvalue weighted by Crippen LogP contribution is -2.60. The van der Waals surface area contributed by atoms with E-state index in [0.29, 0.717) is 54.0 Å². The predicted octanol–water partition coefficient (Wildman–Crippen LogP) is 7.40. The third-order valence-electron chi connectivity index (χ3n) is 12.6. The van der Waals surface area contributed by atoms with Gasteiger partial charge in [-0.2, -0.15) is 0 Å². The van der Waals surface area contributed by atoms with Gasteiger partial charge < -0.3 is 36.0 Å². The number of rotatable bonds is 10. The van der Waals surface area contributed by atoms with Crippen LogP contribution in [0.3, 0.4) is 0 Å². The summed E-state index contributed by atoms with van der Waals surface area (Å²) in [6.45, 7) is 1.86. The molecule has 0 aromatic heterocycles. The topological polar surface area (TPSA) is 158 Å². The number of aryl methyl sites for hydroxylation is 1. The normalized spacial score (nSPS) is 26.3. The van der Waals surface area contributed by atoms with Gasteiger partial charge in [-0.1, -0.05) is 79.6 Å². The molecule has 274 valence electrons. The highest BCUT2D eigenvalue weighted by molar-refractivity contribution is 6.34. The minimum Gasteiger partial charge on any atom is -0.507 e. The van der Waals surface area contributed by atoms with E-state index in [1.165, 1.54) is 31.0 Å². The maximum absolute atomic E-state index is 11.6. The van der Waals surface area contributed by atoms with Crippen molar-refractivity contribution in [3.63, 3.8) is 0 Å². The second kappa shape index (κ2) is 14.0. The maximum Gasteiger partial charge on any atom is 0.169 e. The molecular weight excluding hydrogens is 666 g/mol. The van der Waals surface area contributed by atoms with Crippen LogP contribution < -0.4 is 5.32 Å². The zero-order chi connectivity index (χ0) is 36.7. The molecule has 1 spiro atoms. The summed E-state index contributed by atoms with van der Waals surface area (Å²) in [7, 11) is 0. The lowest BCUT2D eigenvalue weighted by atomic mass is 9.47.